The number of halogens is 1. The van der Waals surface area contributed by atoms with Gasteiger partial charge in [0.05, 0.1) is 19.0 Å². The van der Waals surface area contributed by atoms with Crippen molar-refractivity contribution in [3.05, 3.63) is 62.7 Å². The summed E-state index contributed by atoms with van der Waals surface area (Å²) in [6.45, 7) is 7.96. The van der Waals surface area contributed by atoms with Crippen LogP contribution >= 0.6 is 27.3 Å². The Morgan fingerprint density at radius 2 is 1.88 bits per heavy atom. The number of thiazole rings is 1. The lowest BCUT2D eigenvalue weighted by Gasteiger charge is -2.19. The fourth-order valence-electron chi connectivity index (χ4n) is 2.81. The molecule has 0 radical (unpaired) electrons. The van der Waals surface area contributed by atoms with E-state index < -0.39 is 11.8 Å². The molecule has 0 amide bonds. The number of carbonyl (C=O) groups excluding carboxylic acids is 1. The Morgan fingerprint density at radius 3 is 2.52 bits per heavy atom. The molecule has 0 unspecified atom stereocenters. The van der Waals surface area contributed by atoms with Crippen LogP contribution in [0.5, 0.6) is 11.5 Å². The van der Waals surface area contributed by atoms with Crippen molar-refractivity contribution in [2.45, 2.75) is 33.3 Å². The van der Waals surface area contributed by atoms with Gasteiger partial charge in [0.15, 0.2) is 11.5 Å². The molecule has 0 atom stereocenters. The van der Waals surface area contributed by atoms with Gasteiger partial charge in [-0.2, -0.15) is 5.10 Å². The van der Waals surface area contributed by atoms with Gasteiger partial charge >= 0.3 is 6.16 Å². The molecule has 3 rings (SSSR count). The van der Waals surface area contributed by atoms with E-state index in [9.17, 15) is 4.79 Å². The van der Waals surface area contributed by atoms with Crippen molar-refractivity contribution in [2.75, 3.05) is 13.7 Å². The van der Waals surface area contributed by atoms with Crippen LogP contribution in [-0.4, -0.2) is 36.3 Å². The second-order valence-electron chi connectivity index (χ2n) is 7.92. The molecule has 1 heterocycles. The van der Waals surface area contributed by atoms with Crippen LogP contribution in [0, 0.1) is 0 Å². The van der Waals surface area contributed by atoms with E-state index >= 15 is 0 Å². The van der Waals surface area contributed by atoms with Crippen LogP contribution in [-0.2, 0) is 4.74 Å². The van der Waals surface area contributed by atoms with Crippen LogP contribution in [0.15, 0.2) is 62.4 Å². The van der Waals surface area contributed by atoms with Gasteiger partial charge in [-0.05, 0) is 63.6 Å². The van der Waals surface area contributed by atoms with Gasteiger partial charge in [0, 0.05) is 22.0 Å². The van der Waals surface area contributed by atoms with Crippen LogP contribution in [0.1, 0.15) is 33.3 Å². The number of methoxy groups -OCH3 is 1. The predicted molar refractivity (Wildman–Crippen MR) is 134 cm³/mol. The molecule has 3 aromatic rings. The van der Waals surface area contributed by atoms with Crippen molar-refractivity contribution in [1.29, 1.82) is 0 Å². The molecule has 174 valence electrons. The molecule has 33 heavy (non-hydrogen) atoms. The van der Waals surface area contributed by atoms with E-state index in [4.69, 9.17) is 14.2 Å². The SMILES string of the molecule is CCN=c1scc(-c2ccc(Br)cc2)n1N=Cc1ccc(OC(=O)OC(C)(C)C)c(OC)c1. The number of rotatable bonds is 6. The molecule has 0 aliphatic rings. The minimum atomic E-state index is -0.791. The lowest BCUT2D eigenvalue weighted by molar-refractivity contribution is 0.0201. The zero-order valence-electron chi connectivity index (χ0n) is 19.2. The first-order valence-electron chi connectivity index (χ1n) is 10.3. The Balaban J connectivity index is 1.90. The molecule has 0 N–H and O–H groups in total. The van der Waals surface area contributed by atoms with Crippen molar-refractivity contribution < 1.29 is 19.0 Å². The lowest BCUT2D eigenvalue weighted by Crippen LogP contribution is -2.26. The summed E-state index contributed by atoms with van der Waals surface area (Å²) in [4.78, 5) is 17.4. The molecule has 0 spiro atoms. The highest BCUT2D eigenvalue weighted by atomic mass is 79.9. The average Bonchev–Trinajstić information content (AvgIpc) is 3.15. The van der Waals surface area contributed by atoms with Crippen molar-refractivity contribution in [1.82, 2.24) is 4.68 Å². The van der Waals surface area contributed by atoms with Gasteiger partial charge in [-0.15, -0.1) is 11.3 Å². The number of hydrogen-bond donors (Lipinski definition) is 0. The molecule has 0 saturated carbocycles. The van der Waals surface area contributed by atoms with Crippen LogP contribution in [0.25, 0.3) is 11.3 Å². The van der Waals surface area contributed by atoms with Gasteiger partial charge in [0.2, 0.25) is 4.80 Å². The maximum atomic E-state index is 12.0. The standard InChI is InChI=1S/C24H26BrN3O4S/c1-6-26-22-28(19(15-33-22)17-8-10-18(25)11-9-17)27-14-16-7-12-20(21(13-16)30-5)31-23(29)32-24(2,3)4/h7-15H,6H2,1-5H3. The summed E-state index contributed by atoms with van der Waals surface area (Å²) in [5.41, 5.74) is 2.09. The maximum absolute atomic E-state index is 12.0. The zero-order chi connectivity index (χ0) is 24.0. The summed E-state index contributed by atoms with van der Waals surface area (Å²) in [7, 11) is 1.51. The quantitative estimate of drug-likeness (QED) is 0.218. The first-order valence-corrected chi connectivity index (χ1v) is 12.0. The highest BCUT2D eigenvalue weighted by Gasteiger charge is 2.19. The molecule has 0 saturated heterocycles. The van der Waals surface area contributed by atoms with E-state index in [0.29, 0.717) is 12.3 Å². The summed E-state index contributed by atoms with van der Waals surface area (Å²) in [5, 5.41) is 6.71. The van der Waals surface area contributed by atoms with E-state index in [0.717, 1.165) is 26.1 Å². The van der Waals surface area contributed by atoms with Crippen molar-refractivity contribution in [3.8, 4) is 22.8 Å². The minimum absolute atomic E-state index is 0.268. The van der Waals surface area contributed by atoms with Crippen molar-refractivity contribution in [3.63, 3.8) is 0 Å². The highest BCUT2D eigenvalue weighted by molar-refractivity contribution is 9.10. The number of carbonyl (C=O) groups is 1. The average molecular weight is 532 g/mol. The summed E-state index contributed by atoms with van der Waals surface area (Å²) < 4.78 is 18.7. The molecule has 1 aromatic heterocycles. The first kappa shape index (κ1) is 24.7. The molecular weight excluding hydrogens is 506 g/mol. The van der Waals surface area contributed by atoms with Crippen LogP contribution in [0.2, 0.25) is 0 Å². The van der Waals surface area contributed by atoms with Crippen molar-refractivity contribution in [2.24, 2.45) is 10.1 Å². The number of ether oxygens (including phenoxy) is 3. The third-order valence-corrected chi connectivity index (χ3v) is 5.59. The predicted octanol–water partition coefficient (Wildman–Crippen LogP) is 6.10. The fourth-order valence-corrected chi connectivity index (χ4v) is 3.97. The lowest BCUT2D eigenvalue weighted by atomic mass is 10.2. The second kappa shape index (κ2) is 10.8. The largest absolute Gasteiger partial charge is 0.514 e. The Hall–Kier alpha value is -2.91. The Kier molecular flexibility index (Phi) is 8.10. The van der Waals surface area contributed by atoms with Gasteiger partial charge in [0.1, 0.15) is 5.60 Å². The van der Waals surface area contributed by atoms with E-state index in [2.05, 4.69) is 26.0 Å². The van der Waals surface area contributed by atoms with E-state index in [-0.39, 0.29) is 5.75 Å². The Labute approximate surface area is 205 Å². The number of nitrogens with zero attached hydrogens (tertiary/aromatic N) is 3. The summed E-state index contributed by atoms with van der Waals surface area (Å²) >= 11 is 5.00. The topological polar surface area (TPSA) is 74.4 Å². The smallest absolute Gasteiger partial charge is 0.493 e. The van der Waals surface area contributed by atoms with E-state index in [1.54, 1.807) is 45.2 Å². The summed E-state index contributed by atoms with van der Waals surface area (Å²) in [6, 6.07) is 13.2. The number of aromatic nitrogens is 1. The Morgan fingerprint density at radius 1 is 1.15 bits per heavy atom. The molecular formula is C24H26BrN3O4S. The van der Waals surface area contributed by atoms with E-state index in [1.165, 1.54) is 18.4 Å². The molecule has 0 bridgehead atoms. The van der Waals surface area contributed by atoms with Gasteiger partial charge < -0.3 is 14.2 Å². The monoisotopic (exact) mass is 531 g/mol. The molecule has 9 heteroatoms. The van der Waals surface area contributed by atoms with Gasteiger partial charge in [-0.25, -0.2) is 9.47 Å². The van der Waals surface area contributed by atoms with Crippen LogP contribution in [0.3, 0.4) is 0 Å². The molecule has 0 aliphatic heterocycles. The normalized spacial score (nSPS) is 12.2. The molecule has 0 fully saturated rings. The third kappa shape index (κ3) is 6.79. The summed E-state index contributed by atoms with van der Waals surface area (Å²) in [5.74, 6) is 0.663. The van der Waals surface area contributed by atoms with Gasteiger partial charge in [-0.1, -0.05) is 28.1 Å². The van der Waals surface area contributed by atoms with Crippen LogP contribution in [0.4, 0.5) is 4.79 Å². The zero-order valence-corrected chi connectivity index (χ0v) is 21.6. The number of hydrogen-bond acceptors (Lipinski definition) is 7. The van der Waals surface area contributed by atoms with Crippen LogP contribution < -0.4 is 14.3 Å². The maximum Gasteiger partial charge on any atom is 0.514 e. The number of benzene rings is 2. The molecule has 7 nitrogen and oxygen atoms in total. The fraction of sp³-hybridized carbons (Fsp3) is 0.292. The Bertz CT molecular complexity index is 1210. The van der Waals surface area contributed by atoms with Gasteiger partial charge in [0.25, 0.3) is 0 Å². The van der Waals surface area contributed by atoms with Crippen molar-refractivity contribution >= 4 is 39.6 Å². The molecule has 2 aromatic carbocycles. The third-order valence-electron chi connectivity index (χ3n) is 4.21. The second-order valence-corrected chi connectivity index (χ2v) is 9.67. The van der Waals surface area contributed by atoms with Gasteiger partial charge in [-0.3, -0.25) is 4.99 Å². The first-order chi connectivity index (χ1) is 15.7. The molecule has 0 aliphatic carbocycles. The van der Waals surface area contributed by atoms with E-state index in [1.807, 2.05) is 41.2 Å². The minimum Gasteiger partial charge on any atom is -0.493 e. The highest BCUT2D eigenvalue weighted by Crippen LogP contribution is 2.29. The summed E-state index contributed by atoms with van der Waals surface area (Å²) in [6.07, 6.45) is 0.921.